The van der Waals surface area contributed by atoms with Gasteiger partial charge in [-0.25, -0.2) is 0 Å². The normalized spacial score (nSPS) is 13.9. The fourth-order valence-electron chi connectivity index (χ4n) is 2.44. The fourth-order valence-corrected chi connectivity index (χ4v) is 2.44. The van der Waals surface area contributed by atoms with Crippen LogP contribution >= 0.6 is 0 Å². The van der Waals surface area contributed by atoms with E-state index in [9.17, 15) is 9.90 Å². The molecule has 0 spiro atoms. The number of carbonyl (C=O) groups is 1. The minimum absolute atomic E-state index is 0.542. The first-order chi connectivity index (χ1) is 10.0. The Morgan fingerprint density at radius 3 is 2.52 bits per heavy atom. The van der Waals surface area contributed by atoms with Crippen molar-refractivity contribution in [2.24, 2.45) is 0 Å². The van der Waals surface area contributed by atoms with Gasteiger partial charge in [0.1, 0.15) is 5.75 Å². The minimum Gasteiger partial charge on any atom is -0.497 e. The van der Waals surface area contributed by atoms with Gasteiger partial charge in [-0.2, -0.15) is 0 Å². The Kier molecular flexibility index (Phi) is 4.48. The smallest absolute Gasteiger partial charge is 0.313 e. The van der Waals surface area contributed by atoms with Gasteiger partial charge in [-0.3, -0.25) is 4.79 Å². The van der Waals surface area contributed by atoms with E-state index in [-0.39, 0.29) is 0 Å². The topological polar surface area (TPSA) is 58.6 Å². The Morgan fingerprint density at radius 2 is 1.90 bits per heavy atom. The largest absolute Gasteiger partial charge is 0.497 e. The predicted octanol–water partition coefficient (Wildman–Crippen LogP) is 2.80. The molecule has 2 aromatic carbocycles. The van der Waals surface area contributed by atoms with E-state index in [4.69, 9.17) is 4.74 Å². The first-order valence-corrected chi connectivity index (χ1v) is 6.97. The highest BCUT2D eigenvalue weighted by Crippen LogP contribution is 2.31. The highest BCUT2D eigenvalue weighted by molar-refractivity contribution is 5.88. The van der Waals surface area contributed by atoms with Crippen LogP contribution in [0.3, 0.4) is 0 Å². The second kappa shape index (κ2) is 6.14. The molecule has 0 heterocycles. The molecule has 112 valence electrons. The minimum atomic E-state index is -0.892. The zero-order valence-electron chi connectivity index (χ0n) is 12.6. The summed E-state index contributed by atoms with van der Waals surface area (Å²) in [7, 11) is 3.46. The molecule has 2 N–H and O–H groups in total. The summed E-state index contributed by atoms with van der Waals surface area (Å²) in [6, 6.07) is 11.6. The van der Waals surface area contributed by atoms with E-state index in [1.807, 2.05) is 43.4 Å². The summed E-state index contributed by atoms with van der Waals surface area (Å²) in [5, 5.41) is 14.7. The molecule has 4 heteroatoms. The predicted molar refractivity (Wildman–Crippen MR) is 84.0 cm³/mol. The molecule has 0 aliphatic carbocycles. The van der Waals surface area contributed by atoms with Crippen molar-refractivity contribution in [3.63, 3.8) is 0 Å². The van der Waals surface area contributed by atoms with Gasteiger partial charge in [-0.15, -0.1) is 0 Å². The van der Waals surface area contributed by atoms with Crippen molar-refractivity contribution in [2.75, 3.05) is 20.7 Å². The van der Waals surface area contributed by atoms with Crippen LogP contribution in [0.25, 0.3) is 10.8 Å². The van der Waals surface area contributed by atoms with Gasteiger partial charge in [-0.05, 0) is 55.4 Å². The zero-order chi connectivity index (χ0) is 15.5. The number of rotatable bonds is 6. The fraction of sp³-hybridized carbons (Fsp3) is 0.353. The molecule has 0 radical (unpaired) electrons. The van der Waals surface area contributed by atoms with Gasteiger partial charge in [0.2, 0.25) is 0 Å². The van der Waals surface area contributed by atoms with Crippen molar-refractivity contribution in [3.05, 3.63) is 42.0 Å². The molecule has 1 atom stereocenters. The van der Waals surface area contributed by atoms with Crippen LogP contribution in [0.5, 0.6) is 5.75 Å². The first-order valence-electron chi connectivity index (χ1n) is 6.97. The maximum Gasteiger partial charge on any atom is 0.313 e. The second-order valence-corrected chi connectivity index (χ2v) is 5.42. The molecule has 0 saturated heterocycles. The summed E-state index contributed by atoms with van der Waals surface area (Å²) in [4.78, 5) is 11.7. The molecule has 0 aromatic heterocycles. The lowest BCUT2D eigenvalue weighted by molar-refractivity contribution is -0.143. The zero-order valence-corrected chi connectivity index (χ0v) is 12.6. The maximum absolute atomic E-state index is 11.7. The van der Waals surface area contributed by atoms with E-state index in [1.54, 1.807) is 14.0 Å². The molecule has 4 nitrogen and oxygen atoms in total. The molecule has 0 bridgehead atoms. The third kappa shape index (κ3) is 3.00. The van der Waals surface area contributed by atoms with Gasteiger partial charge in [-0.1, -0.05) is 24.3 Å². The molecular weight excluding hydrogens is 266 g/mol. The molecule has 0 saturated carbocycles. The maximum atomic E-state index is 11.7. The van der Waals surface area contributed by atoms with E-state index in [0.717, 1.165) is 22.1 Å². The van der Waals surface area contributed by atoms with Crippen LogP contribution in [0.4, 0.5) is 0 Å². The Bertz CT molecular complexity index is 654. The number of hydrogen-bond acceptors (Lipinski definition) is 3. The number of nitrogens with one attached hydrogen (secondary N) is 1. The van der Waals surface area contributed by atoms with Crippen molar-refractivity contribution in [1.82, 2.24) is 5.32 Å². The van der Waals surface area contributed by atoms with Crippen molar-refractivity contribution in [1.29, 1.82) is 0 Å². The number of carboxylic acid groups (broad SMARTS) is 1. The lowest BCUT2D eigenvalue weighted by Crippen LogP contribution is -2.35. The summed E-state index contributed by atoms with van der Waals surface area (Å²) in [6.07, 6.45) is 0.542. The lowest BCUT2D eigenvalue weighted by Gasteiger charge is -2.25. The SMILES string of the molecule is CNCC[C@](C)(C(=O)O)c1ccc2cc(OC)ccc2c1. The summed E-state index contributed by atoms with van der Waals surface area (Å²) in [5.74, 6) is -0.00274. The number of benzene rings is 2. The van der Waals surface area contributed by atoms with Crippen LogP contribution in [0.15, 0.2) is 36.4 Å². The van der Waals surface area contributed by atoms with Gasteiger partial charge in [0.25, 0.3) is 0 Å². The average molecular weight is 287 g/mol. The molecular formula is C17H21NO3. The van der Waals surface area contributed by atoms with Gasteiger partial charge in [0.05, 0.1) is 12.5 Å². The van der Waals surface area contributed by atoms with Crippen LogP contribution in [-0.2, 0) is 10.2 Å². The van der Waals surface area contributed by atoms with E-state index in [0.29, 0.717) is 13.0 Å². The van der Waals surface area contributed by atoms with Crippen LogP contribution in [0.2, 0.25) is 0 Å². The van der Waals surface area contributed by atoms with Crippen molar-refractivity contribution >= 4 is 16.7 Å². The van der Waals surface area contributed by atoms with E-state index in [1.165, 1.54) is 0 Å². The van der Waals surface area contributed by atoms with Crippen LogP contribution < -0.4 is 10.1 Å². The Morgan fingerprint density at radius 1 is 1.24 bits per heavy atom. The number of ether oxygens (including phenoxy) is 1. The highest BCUT2D eigenvalue weighted by Gasteiger charge is 2.34. The lowest BCUT2D eigenvalue weighted by atomic mass is 9.79. The quantitative estimate of drug-likeness (QED) is 0.857. The standard InChI is InChI=1S/C17H21NO3/c1-17(16(19)20,8-9-18-2)14-6-4-13-11-15(21-3)7-5-12(13)10-14/h4-7,10-11,18H,8-9H2,1-3H3,(H,19,20)/t17-/m0/s1. The molecule has 0 fully saturated rings. The first kappa shape index (κ1) is 15.3. The molecule has 0 aliphatic rings. The number of hydrogen-bond donors (Lipinski definition) is 2. The highest BCUT2D eigenvalue weighted by atomic mass is 16.5. The Hall–Kier alpha value is -2.07. The molecule has 0 amide bonds. The molecule has 21 heavy (non-hydrogen) atoms. The summed E-state index contributed by atoms with van der Waals surface area (Å²) < 4.78 is 5.21. The molecule has 0 unspecified atom stereocenters. The van der Waals surface area contributed by atoms with E-state index < -0.39 is 11.4 Å². The number of methoxy groups -OCH3 is 1. The second-order valence-electron chi connectivity index (χ2n) is 5.42. The van der Waals surface area contributed by atoms with Crippen molar-refractivity contribution < 1.29 is 14.6 Å². The third-order valence-electron chi connectivity index (χ3n) is 4.03. The monoisotopic (exact) mass is 287 g/mol. The van der Waals surface area contributed by atoms with E-state index >= 15 is 0 Å². The van der Waals surface area contributed by atoms with Crippen LogP contribution in [-0.4, -0.2) is 31.8 Å². The van der Waals surface area contributed by atoms with Crippen LogP contribution in [0.1, 0.15) is 18.9 Å². The molecule has 0 aliphatic heterocycles. The molecule has 2 rings (SSSR count). The Labute approximate surface area is 124 Å². The summed E-state index contributed by atoms with van der Waals surface area (Å²) >= 11 is 0. The third-order valence-corrected chi connectivity index (χ3v) is 4.03. The van der Waals surface area contributed by atoms with Crippen molar-refractivity contribution in [3.8, 4) is 5.75 Å². The number of aliphatic carboxylic acids is 1. The number of fused-ring (bicyclic) bond motifs is 1. The molecule has 2 aromatic rings. The summed E-state index contributed by atoms with van der Waals surface area (Å²) in [6.45, 7) is 2.43. The van der Waals surface area contributed by atoms with Crippen LogP contribution in [0, 0.1) is 0 Å². The van der Waals surface area contributed by atoms with Gasteiger partial charge < -0.3 is 15.2 Å². The Balaban J connectivity index is 2.46. The van der Waals surface area contributed by atoms with Gasteiger partial charge in [0.15, 0.2) is 0 Å². The number of carboxylic acids is 1. The summed E-state index contributed by atoms with van der Waals surface area (Å²) in [5.41, 5.74) is -0.0696. The van der Waals surface area contributed by atoms with Gasteiger partial charge >= 0.3 is 5.97 Å². The average Bonchev–Trinajstić information content (AvgIpc) is 2.51. The van der Waals surface area contributed by atoms with Crippen molar-refractivity contribution in [2.45, 2.75) is 18.8 Å². The van der Waals surface area contributed by atoms with E-state index in [2.05, 4.69) is 5.32 Å². The van der Waals surface area contributed by atoms with Gasteiger partial charge in [0, 0.05) is 0 Å².